The highest BCUT2D eigenvalue weighted by molar-refractivity contribution is 5.69. The van der Waals surface area contributed by atoms with Gasteiger partial charge >= 0.3 is 5.97 Å². The molecule has 3 fully saturated rings. The molecule has 2 unspecified atom stereocenters. The van der Waals surface area contributed by atoms with Gasteiger partial charge in [0.15, 0.2) is 6.29 Å². The number of fused-ring (bicyclic) bond motifs is 1. The number of rotatable bonds is 8. The highest BCUT2D eigenvalue weighted by atomic mass is 16.7. The lowest BCUT2D eigenvalue weighted by atomic mass is 9.89. The van der Waals surface area contributed by atoms with Gasteiger partial charge in [-0.25, -0.2) is 0 Å². The lowest BCUT2D eigenvalue weighted by molar-refractivity contribution is -0.198. The summed E-state index contributed by atoms with van der Waals surface area (Å²) in [5.74, 6) is -0.654. The van der Waals surface area contributed by atoms with Crippen molar-refractivity contribution >= 4 is 5.97 Å². The van der Waals surface area contributed by atoms with Crippen molar-refractivity contribution in [2.24, 2.45) is 17.8 Å². The van der Waals surface area contributed by atoms with Crippen LogP contribution in [0.15, 0.2) is 0 Å². The number of aliphatic hydroxyl groups excluding tert-OH is 1. The van der Waals surface area contributed by atoms with Crippen molar-refractivity contribution in [2.75, 3.05) is 13.2 Å². The number of carboxylic acid groups (broad SMARTS) is 1. The van der Waals surface area contributed by atoms with Gasteiger partial charge in [-0.15, -0.1) is 0 Å². The van der Waals surface area contributed by atoms with Gasteiger partial charge in [0.2, 0.25) is 0 Å². The first-order valence-electron chi connectivity index (χ1n) is 10.9. The maximum atomic E-state index is 11.5. The molecule has 0 aromatic carbocycles. The fourth-order valence-corrected chi connectivity index (χ4v) is 5.19. The van der Waals surface area contributed by atoms with E-state index in [1.807, 2.05) is 6.92 Å². The van der Waals surface area contributed by atoms with E-state index in [0.29, 0.717) is 18.8 Å². The predicted octanol–water partition coefficient (Wildman–Crippen LogP) is 3.36. The van der Waals surface area contributed by atoms with Crippen LogP contribution < -0.4 is 0 Å². The molecular weight excluding hydrogens is 348 g/mol. The van der Waals surface area contributed by atoms with E-state index in [2.05, 4.69) is 0 Å². The van der Waals surface area contributed by atoms with Crippen LogP contribution in [0, 0.1) is 17.8 Å². The number of carbonyl (C=O) groups is 1. The van der Waals surface area contributed by atoms with E-state index in [1.54, 1.807) is 0 Å². The minimum Gasteiger partial charge on any atom is -0.481 e. The van der Waals surface area contributed by atoms with Crippen molar-refractivity contribution in [1.82, 2.24) is 0 Å². The van der Waals surface area contributed by atoms with Crippen LogP contribution in [-0.2, 0) is 19.0 Å². The van der Waals surface area contributed by atoms with Crippen LogP contribution in [0.3, 0.4) is 0 Å². The standard InChI is InChI=1S/C21H36O6/c1-2-6-14(21(23)24)11-15-7-5-8-16-17(13-22)19(12-18(16)26-15)27-20-9-3-4-10-25-20/h14-20,22H,2-13H2,1H3,(H,23,24)/t14?,15-,16-,17-,18+,19-,20?/m1/s1. The monoisotopic (exact) mass is 384 g/mol. The molecule has 2 saturated heterocycles. The summed E-state index contributed by atoms with van der Waals surface area (Å²) in [6, 6.07) is 0. The van der Waals surface area contributed by atoms with Crippen molar-refractivity contribution in [3.05, 3.63) is 0 Å². The largest absolute Gasteiger partial charge is 0.481 e. The Morgan fingerprint density at radius 3 is 2.74 bits per heavy atom. The summed E-state index contributed by atoms with van der Waals surface area (Å²) in [5, 5.41) is 19.5. The first-order chi connectivity index (χ1) is 13.1. The van der Waals surface area contributed by atoms with Crippen LogP contribution in [0.4, 0.5) is 0 Å². The maximum absolute atomic E-state index is 11.5. The maximum Gasteiger partial charge on any atom is 0.306 e. The van der Waals surface area contributed by atoms with Gasteiger partial charge in [0, 0.05) is 25.6 Å². The molecule has 0 aromatic rings. The average Bonchev–Trinajstić information content (AvgIpc) is 2.84. The number of carboxylic acids is 1. The molecule has 0 aromatic heterocycles. The van der Waals surface area contributed by atoms with Crippen molar-refractivity contribution in [3.63, 3.8) is 0 Å². The van der Waals surface area contributed by atoms with Crippen molar-refractivity contribution in [2.45, 2.75) is 95.7 Å². The zero-order chi connectivity index (χ0) is 19.2. The van der Waals surface area contributed by atoms with E-state index in [4.69, 9.17) is 14.2 Å². The van der Waals surface area contributed by atoms with Crippen LogP contribution in [0.5, 0.6) is 0 Å². The molecule has 27 heavy (non-hydrogen) atoms. The number of hydrogen-bond donors (Lipinski definition) is 2. The van der Waals surface area contributed by atoms with Gasteiger partial charge in [-0.05, 0) is 50.9 Å². The lowest BCUT2D eigenvalue weighted by Gasteiger charge is -2.29. The average molecular weight is 385 g/mol. The second kappa shape index (κ2) is 10.2. The third kappa shape index (κ3) is 5.43. The van der Waals surface area contributed by atoms with Gasteiger partial charge in [0.1, 0.15) is 0 Å². The summed E-state index contributed by atoms with van der Waals surface area (Å²) in [7, 11) is 0. The molecule has 0 bridgehead atoms. The third-order valence-electron chi connectivity index (χ3n) is 6.61. The highest BCUT2D eigenvalue weighted by Gasteiger charge is 2.47. The molecule has 2 heterocycles. The molecule has 2 N–H and O–H groups in total. The Hall–Kier alpha value is -0.690. The number of aliphatic hydroxyl groups is 1. The van der Waals surface area contributed by atoms with Crippen LogP contribution in [0.2, 0.25) is 0 Å². The summed E-state index contributed by atoms with van der Waals surface area (Å²) in [4.78, 5) is 11.5. The van der Waals surface area contributed by atoms with Gasteiger partial charge in [-0.2, -0.15) is 0 Å². The fraction of sp³-hybridized carbons (Fsp3) is 0.952. The summed E-state index contributed by atoms with van der Waals surface area (Å²) in [5.41, 5.74) is 0. The Kier molecular flexibility index (Phi) is 7.94. The summed E-state index contributed by atoms with van der Waals surface area (Å²) in [6.45, 7) is 2.89. The van der Waals surface area contributed by atoms with Crippen molar-refractivity contribution in [3.8, 4) is 0 Å². The van der Waals surface area contributed by atoms with Gasteiger partial charge in [0.05, 0.1) is 24.2 Å². The zero-order valence-electron chi connectivity index (χ0n) is 16.6. The molecule has 0 amide bonds. The number of ether oxygens (including phenoxy) is 3. The summed E-state index contributed by atoms with van der Waals surface area (Å²) < 4.78 is 18.4. The molecule has 1 saturated carbocycles. The number of aliphatic carboxylic acids is 1. The third-order valence-corrected chi connectivity index (χ3v) is 6.61. The topological polar surface area (TPSA) is 85.2 Å². The van der Waals surface area contributed by atoms with Gasteiger partial charge in [-0.3, -0.25) is 4.79 Å². The molecular formula is C21H36O6. The molecule has 7 atom stereocenters. The van der Waals surface area contributed by atoms with E-state index in [0.717, 1.165) is 58.0 Å². The van der Waals surface area contributed by atoms with Gasteiger partial charge in [-0.1, -0.05) is 19.8 Å². The Balaban J connectivity index is 1.60. The molecule has 2 aliphatic heterocycles. The van der Waals surface area contributed by atoms with Gasteiger partial charge in [0.25, 0.3) is 0 Å². The van der Waals surface area contributed by atoms with Crippen LogP contribution in [0.1, 0.15) is 71.1 Å². The van der Waals surface area contributed by atoms with Crippen molar-refractivity contribution in [1.29, 1.82) is 0 Å². The van der Waals surface area contributed by atoms with Crippen LogP contribution in [-0.4, -0.2) is 54.0 Å². The quantitative estimate of drug-likeness (QED) is 0.667. The minimum atomic E-state index is -0.712. The summed E-state index contributed by atoms with van der Waals surface area (Å²) in [6.07, 6.45) is 8.90. The van der Waals surface area contributed by atoms with E-state index >= 15 is 0 Å². The minimum absolute atomic E-state index is 0.00308. The molecule has 1 aliphatic carbocycles. The molecule has 0 spiro atoms. The summed E-state index contributed by atoms with van der Waals surface area (Å²) >= 11 is 0. The molecule has 156 valence electrons. The van der Waals surface area contributed by atoms with E-state index in [9.17, 15) is 15.0 Å². The second-order valence-corrected chi connectivity index (χ2v) is 8.50. The Morgan fingerprint density at radius 1 is 1.22 bits per heavy atom. The van der Waals surface area contributed by atoms with Crippen molar-refractivity contribution < 1.29 is 29.2 Å². The highest BCUT2D eigenvalue weighted by Crippen LogP contribution is 2.43. The molecule has 3 rings (SSSR count). The Bertz CT molecular complexity index is 464. The molecule has 6 nitrogen and oxygen atoms in total. The lowest BCUT2D eigenvalue weighted by Crippen LogP contribution is -2.33. The Morgan fingerprint density at radius 2 is 2.07 bits per heavy atom. The molecule has 6 heteroatoms. The second-order valence-electron chi connectivity index (χ2n) is 8.50. The smallest absolute Gasteiger partial charge is 0.306 e. The first kappa shape index (κ1) is 21.0. The first-order valence-corrected chi connectivity index (χ1v) is 10.9. The molecule has 0 radical (unpaired) electrons. The van der Waals surface area contributed by atoms with Crippen LogP contribution >= 0.6 is 0 Å². The SMILES string of the molecule is CCCC(C[C@H]1CCC[C@@H]2[C@@H](CO)[C@H](OC3CCCCO3)C[C@@H]2O1)C(=O)O. The van der Waals surface area contributed by atoms with E-state index in [-0.39, 0.29) is 43.0 Å². The molecule has 3 aliphatic rings. The van der Waals surface area contributed by atoms with Gasteiger partial charge < -0.3 is 24.4 Å². The predicted molar refractivity (Wildman–Crippen MR) is 100 cm³/mol. The van der Waals surface area contributed by atoms with E-state index < -0.39 is 5.97 Å². The number of hydrogen-bond acceptors (Lipinski definition) is 5. The normalized spacial score (nSPS) is 38.1. The van der Waals surface area contributed by atoms with Crippen LogP contribution in [0.25, 0.3) is 0 Å². The van der Waals surface area contributed by atoms with E-state index in [1.165, 1.54) is 0 Å². The fourth-order valence-electron chi connectivity index (χ4n) is 5.19. The zero-order valence-corrected chi connectivity index (χ0v) is 16.6. The Labute approximate surface area is 162 Å².